The van der Waals surface area contributed by atoms with Crippen molar-refractivity contribution in [1.82, 2.24) is 9.97 Å². The lowest BCUT2D eigenvalue weighted by Gasteiger charge is -2.24. The summed E-state index contributed by atoms with van der Waals surface area (Å²) in [5.74, 6) is 0.323. The van der Waals surface area contributed by atoms with E-state index in [9.17, 15) is 20.4 Å². The molecular formula is C50H56N2O4. The van der Waals surface area contributed by atoms with Gasteiger partial charge in [0.15, 0.2) is 0 Å². The maximum absolute atomic E-state index is 12.0. The molecule has 56 heavy (non-hydrogen) atoms. The van der Waals surface area contributed by atoms with E-state index in [2.05, 4.69) is 83.1 Å². The molecule has 0 fully saturated rings. The van der Waals surface area contributed by atoms with Crippen LogP contribution in [0.15, 0.2) is 97.3 Å². The highest BCUT2D eigenvalue weighted by molar-refractivity contribution is 5.88. The second-order valence-electron chi connectivity index (χ2n) is 19.2. The van der Waals surface area contributed by atoms with Gasteiger partial charge in [-0.1, -0.05) is 95.2 Å². The minimum atomic E-state index is -0.256. The van der Waals surface area contributed by atoms with Gasteiger partial charge in [0.25, 0.3) is 0 Å². The van der Waals surface area contributed by atoms with Crippen LogP contribution in [0.25, 0.3) is 55.9 Å². The van der Waals surface area contributed by atoms with Crippen LogP contribution in [0, 0.1) is 0 Å². The molecule has 0 unspecified atom stereocenters. The van der Waals surface area contributed by atoms with Crippen LogP contribution in [0.3, 0.4) is 0 Å². The summed E-state index contributed by atoms with van der Waals surface area (Å²) in [6.07, 6.45) is 3.42. The van der Waals surface area contributed by atoms with Crippen LogP contribution in [0.2, 0.25) is 0 Å². The van der Waals surface area contributed by atoms with E-state index in [0.717, 1.165) is 33.4 Å². The fourth-order valence-electron chi connectivity index (χ4n) is 6.90. The summed E-state index contributed by atoms with van der Waals surface area (Å²) in [5.41, 5.74) is 9.42. The van der Waals surface area contributed by atoms with Gasteiger partial charge in [-0.05, 0) is 128 Å². The normalized spacial score (nSPS) is 12.6. The molecule has 0 radical (unpaired) electrons. The number of pyridine rings is 2. The summed E-state index contributed by atoms with van der Waals surface area (Å²) in [6.45, 7) is 25.5. The third-order valence-electron chi connectivity index (χ3n) is 10.7. The van der Waals surface area contributed by atoms with Crippen molar-refractivity contribution in [2.45, 2.75) is 105 Å². The van der Waals surface area contributed by atoms with Crippen LogP contribution in [-0.2, 0) is 21.7 Å². The van der Waals surface area contributed by atoms with E-state index >= 15 is 0 Å². The van der Waals surface area contributed by atoms with E-state index in [0.29, 0.717) is 44.8 Å². The summed E-state index contributed by atoms with van der Waals surface area (Å²) in [4.78, 5) is 9.43. The fourth-order valence-corrected chi connectivity index (χ4v) is 6.90. The molecular weight excluding hydrogens is 693 g/mol. The number of phenolic OH excluding ortho intramolecular Hbond substituents is 4. The van der Waals surface area contributed by atoms with E-state index in [4.69, 9.17) is 9.97 Å². The van der Waals surface area contributed by atoms with Crippen molar-refractivity contribution in [3.05, 3.63) is 120 Å². The topological polar surface area (TPSA) is 107 Å². The van der Waals surface area contributed by atoms with Crippen molar-refractivity contribution in [2.75, 3.05) is 0 Å². The summed E-state index contributed by atoms with van der Waals surface area (Å²) < 4.78 is 0. The molecule has 2 heterocycles. The first kappa shape index (κ1) is 40.1. The Morgan fingerprint density at radius 3 is 0.964 bits per heavy atom. The fraction of sp³-hybridized carbons (Fsp3) is 0.320. The summed E-state index contributed by atoms with van der Waals surface area (Å²) in [6, 6.07) is 26.7. The van der Waals surface area contributed by atoms with Crippen LogP contribution < -0.4 is 0 Å². The molecule has 2 aromatic heterocycles. The van der Waals surface area contributed by atoms with E-state index in [1.807, 2.05) is 72.8 Å². The molecule has 0 saturated heterocycles. The average molecular weight is 749 g/mol. The molecule has 6 rings (SSSR count). The lowest BCUT2D eigenvalue weighted by atomic mass is 9.81. The van der Waals surface area contributed by atoms with E-state index in [1.54, 1.807) is 24.5 Å². The van der Waals surface area contributed by atoms with Gasteiger partial charge in [0.1, 0.15) is 23.0 Å². The highest BCUT2D eigenvalue weighted by Gasteiger charge is 2.26. The van der Waals surface area contributed by atoms with Gasteiger partial charge >= 0.3 is 0 Å². The first-order valence-corrected chi connectivity index (χ1v) is 19.3. The molecule has 0 aliphatic carbocycles. The molecule has 0 bridgehead atoms. The summed E-state index contributed by atoms with van der Waals surface area (Å²) >= 11 is 0. The Bertz CT molecular complexity index is 2280. The molecule has 6 nitrogen and oxygen atoms in total. The van der Waals surface area contributed by atoms with E-state index in [-0.39, 0.29) is 44.7 Å². The second kappa shape index (κ2) is 14.1. The molecule has 4 N–H and O–H groups in total. The molecule has 0 aliphatic heterocycles. The number of hydrogen-bond acceptors (Lipinski definition) is 6. The maximum Gasteiger partial charge on any atom is 0.131 e. The van der Waals surface area contributed by atoms with Crippen LogP contribution in [0.4, 0.5) is 0 Å². The molecule has 290 valence electrons. The minimum Gasteiger partial charge on any atom is -0.507 e. The van der Waals surface area contributed by atoms with Gasteiger partial charge in [-0.3, -0.25) is 9.97 Å². The van der Waals surface area contributed by atoms with Crippen LogP contribution in [0.5, 0.6) is 23.0 Å². The maximum atomic E-state index is 12.0. The van der Waals surface area contributed by atoms with Gasteiger partial charge in [0.05, 0.1) is 11.4 Å². The summed E-state index contributed by atoms with van der Waals surface area (Å²) in [5, 5.41) is 46.2. The van der Waals surface area contributed by atoms with Gasteiger partial charge in [-0.15, -0.1) is 0 Å². The molecule has 4 aromatic carbocycles. The molecule has 0 spiro atoms. The van der Waals surface area contributed by atoms with Gasteiger partial charge in [0, 0.05) is 45.8 Å². The lowest BCUT2D eigenvalue weighted by molar-refractivity contribution is 0.468. The number of phenols is 4. The number of rotatable bonds is 5. The zero-order valence-corrected chi connectivity index (χ0v) is 34.9. The predicted molar refractivity (Wildman–Crippen MR) is 231 cm³/mol. The van der Waals surface area contributed by atoms with Crippen molar-refractivity contribution in [3.8, 4) is 78.9 Å². The molecule has 0 atom stereocenters. The molecule has 6 aromatic rings. The molecule has 0 amide bonds. The van der Waals surface area contributed by atoms with Gasteiger partial charge < -0.3 is 20.4 Å². The largest absolute Gasteiger partial charge is 0.507 e. The number of benzene rings is 4. The van der Waals surface area contributed by atoms with Crippen molar-refractivity contribution in [3.63, 3.8) is 0 Å². The van der Waals surface area contributed by atoms with Crippen molar-refractivity contribution >= 4 is 0 Å². The van der Waals surface area contributed by atoms with E-state index < -0.39 is 0 Å². The van der Waals surface area contributed by atoms with Gasteiger partial charge in [-0.2, -0.15) is 0 Å². The van der Waals surface area contributed by atoms with Crippen molar-refractivity contribution in [1.29, 1.82) is 0 Å². The van der Waals surface area contributed by atoms with Gasteiger partial charge in [0.2, 0.25) is 0 Å². The zero-order valence-electron chi connectivity index (χ0n) is 34.9. The monoisotopic (exact) mass is 748 g/mol. The summed E-state index contributed by atoms with van der Waals surface area (Å²) in [7, 11) is 0. The Labute approximate surface area is 332 Å². The third kappa shape index (κ3) is 8.02. The Morgan fingerprint density at radius 2 is 0.643 bits per heavy atom. The predicted octanol–water partition coefficient (Wildman–Crippen LogP) is 12.8. The number of aromatic nitrogens is 2. The average Bonchev–Trinajstić information content (AvgIpc) is 3.10. The lowest BCUT2D eigenvalue weighted by Crippen LogP contribution is -2.12. The standard InChI is InChI=1S/C50H56N2O4/c1-47(2,3)31-13-15-43(53)37(23-31)39-27-33(49(7,8)9)25-35(45(39)55)29-17-19-51-41(21-29)42-22-30(18-20-52-42)36-26-34(50(10,11)12)28-40(46(36)56)38-24-32(48(4,5)6)14-16-44(38)54/h13-28,53-56H,1-12H3. The minimum absolute atomic E-state index is 0.0634. The Kier molecular flexibility index (Phi) is 10.1. The van der Waals surface area contributed by atoms with Crippen LogP contribution in [0.1, 0.15) is 105 Å². The molecule has 6 heteroatoms. The molecule has 0 saturated carbocycles. The SMILES string of the molecule is CC(C)(C)c1ccc(O)c(-c2cc(C(C)(C)C)cc(-c3ccnc(-c4cc(-c5cc(C(C)(C)C)cc(-c6cc(C(C)(C)C)ccc6O)c5O)ccn4)c3)c2O)c1. The van der Waals surface area contributed by atoms with Crippen LogP contribution >= 0.6 is 0 Å². The van der Waals surface area contributed by atoms with Crippen molar-refractivity contribution in [2.24, 2.45) is 0 Å². The number of nitrogens with zero attached hydrogens (tertiary/aromatic N) is 2. The Hall–Kier alpha value is -5.62. The zero-order chi connectivity index (χ0) is 41.1. The molecule has 0 aliphatic rings. The third-order valence-corrected chi connectivity index (χ3v) is 10.7. The Morgan fingerprint density at radius 1 is 0.339 bits per heavy atom. The first-order chi connectivity index (χ1) is 25.9. The highest BCUT2D eigenvalue weighted by Crippen LogP contribution is 2.48. The van der Waals surface area contributed by atoms with Crippen molar-refractivity contribution < 1.29 is 20.4 Å². The first-order valence-electron chi connectivity index (χ1n) is 19.3. The van der Waals surface area contributed by atoms with Gasteiger partial charge in [-0.25, -0.2) is 0 Å². The number of aromatic hydroxyl groups is 4. The smallest absolute Gasteiger partial charge is 0.131 e. The second-order valence-corrected chi connectivity index (χ2v) is 19.2. The van der Waals surface area contributed by atoms with E-state index in [1.165, 1.54) is 0 Å². The number of hydrogen-bond donors (Lipinski definition) is 4. The van der Waals surface area contributed by atoms with Crippen LogP contribution in [-0.4, -0.2) is 30.4 Å². The highest BCUT2D eigenvalue weighted by atomic mass is 16.3. The Balaban J connectivity index is 1.50. The quantitative estimate of drug-likeness (QED) is 0.140.